The van der Waals surface area contributed by atoms with Gasteiger partial charge in [-0.2, -0.15) is 0 Å². The van der Waals surface area contributed by atoms with Crippen LogP contribution in [0.4, 0.5) is 0 Å². The van der Waals surface area contributed by atoms with Gasteiger partial charge in [0.1, 0.15) is 23.2 Å². The molecule has 0 saturated heterocycles. The van der Waals surface area contributed by atoms with Crippen molar-refractivity contribution >= 4 is 44.4 Å². The van der Waals surface area contributed by atoms with Crippen molar-refractivity contribution < 1.29 is 4.42 Å². The van der Waals surface area contributed by atoms with Crippen LogP contribution in [0.1, 0.15) is 22.9 Å². The Bertz CT molecular complexity index is 3200. The van der Waals surface area contributed by atoms with Crippen LogP contribution in [-0.2, 0) is 0 Å². The standard InChI is InChI=1S/C55H37N3O/c1-4-11-36(12-5-1)39-19-25-42(26-20-39)53-56-54(43-27-21-40(22-28-43)37-13-6-2-7-14-37)58-55(57-53)46-30-24-41-23-29-45(33-47(41)34-46)48-17-10-18-51-52(48)49-35-44(31-32-50(49)59-51)38-15-8-3-9-16-38/h1-35,53H,(H,56,57,58). The lowest BCUT2D eigenvalue weighted by molar-refractivity contribution is 0.669. The molecule has 0 amide bonds. The zero-order chi connectivity index (χ0) is 39.1. The number of rotatable bonds is 7. The number of nitrogens with zero attached hydrogens (tertiary/aromatic N) is 2. The molecular formula is C55H37N3O. The van der Waals surface area contributed by atoms with Crippen molar-refractivity contribution in [1.82, 2.24) is 5.32 Å². The first-order valence-corrected chi connectivity index (χ1v) is 20.0. The number of furan rings is 1. The van der Waals surface area contributed by atoms with Crippen molar-refractivity contribution in [2.75, 3.05) is 0 Å². The van der Waals surface area contributed by atoms with Gasteiger partial charge in [-0.3, -0.25) is 0 Å². The average molecular weight is 756 g/mol. The summed E-state index contributed by atoms with van der Waals surface area (Å²) in [5, 5.41) is 8.21. The van der Waals surface area contributed by atoms with E-state index in [1.165, 1.54) is 27.8 Å². The lowest BCUT2D eigenvalue weighted by Crippen LogP contribution is -2.33. The molecule has 0 spiro atoms. The van der Waals surface area contributed by atoms with Crippen LogP contribution in [0.2, 0.25) is 0 Å². The molecule has 4 nitrogen and oxygen atoms in total. The van der Waals surface area contributed by atoms with Gasteiger partial charge in [-0.15, -0.1) is 0 Å². The van der Waals surface area contributed by atoms with E-state index < -0.39 is 0 Å². The van der Waals surface area contributed by atoms with Crippen molar-refractivity contribution in [1.29, 1.82) is 0 Å². The lowest BCUT2D eigenvalue weighted by Gasteiger charge is -2.24. The molecule has 0 aliphatic carbocycles. The van der Waals surface area contributed by atoms with E-state index in [1.54, 1.807) is 0 Å². The van der Waals surface area contributed by atoms with Gasteiger partial charge in [0, 0.05) is 21.9 Å². The Hall–Kier alpha value is -7.82. The topological polar surface area (TPSA) is 49.9 Å². The van der Waals surface area contributed by atoms with Crippen LogP contribution in [0.25, 0.3) is 77.2 Å². The monoisotopic (exact) mass is 755 g/mol. The summed E-state index contributed by atoms with van der Waals surface area (Å²) in [5.41, 5.74) is 14.1. The van der Waals surface area contributed by atoms with Gasteiger partial charge in [0.2, 0.25) is 0 Å². The Morgan fingerprint density at radius 3 is 1.61 bits per heavy atom. The number of amidine groups is 2. The van der Waals surface area contributed by atoms with Crippen LogP contribution in [0, 0.1) is 0 Å². The van der Waals surface area contributed by atoms with Gasteiger partial charge in [-0.1, -0.05) is 182 Å². The summed E-state index contributed by atoms with van der Waals surface area (Å²) >= 11 is 0. The van der Waals surface area contributed by atoms with E-state index in [0.29, 0.717) is 5.84 Å². The van der Waals surface area contributed by atoms with Crippen molar-refractivity contribution in [3.63, 3.8) is 0 Å². The molecule has 0 fully saturated rings. The van der Waals surface area contributed by atoms with Crippen LogP contribution >= 0.6 is 0 Å². The summed E-state index contributed by atoms with van der Waals surface area (Å²) in [4.78, 5) is 10.4. The third kappa shape index (κ3) is 6.57. The number of benzene rings is 9. The molecule has 0 saturated carbocycles. The van der Waals surface area contributed by atoms with Crippen LogP contribution in [0.15, 0.2) is 227 Å². The van der Waals surface area contributed by atoms with Crippen molar-refractivity contribution in [3.8, 4) is 44.5 Å². The third-order valence-electron chi connectivity index (χ3n) is 11.4. The van der Waals surface area contributed by atoms with E-state index in [4.69, 9.17) is 14.4 Å². The molecule has 11 rings (SSSR count). The first kappa shape index (κ1) is 34.4. The van der Waals surface area contributed by atoms with E-state index in [2.05, 4.69) is 206 Å². The minimum absolute atomic E-state index is 0.328. The summed E-state index contributed by atoms with van der Waals surface area (Å²) in [6.07, 6.45) is -0.328. The van der Waals surface area contributed by atoms with Gasteiger partial charge in [0.05, 0.1) is 0 Å². The maximum Gasteiger partial charge on any atom is 0.159 e. The number of aliphatic imine (C=N–C) groups is 2. The molecule has 1 aromatic heterocycles. The summed E-state index contributed by atoms with van der Waals surface area (Å²) < 4.78 is 6.41. The molecule has 1 aliphatic heterocycles. The number of hydrogen-bond acceptors (Lipinski definition) is 4. The lowest BCUT2D eigenvalue weighted by atomic mass is 9.95. The molecule has 0 bridgehead atoms. The second-order valence-corrected chi connectivity index (χ2v) is 15.0. The first-order chi connectivity index (χ1) is 29.2. The van der Waals surface area contributed by atoms with Crippen molar-refractivity contribution in [2.24, 2.45) is 9.98 Å². The van der Waals surface area contributed by atoms with Crippen molar-refractivity contribution in [3.05, 3.63) is 229 Å². The highest BCUT2D eigenvalue weighted by Gasteiger charge is 2.22. The molecule has 4 heteroatoms. The molecule has 278 valence electrons. The zero-order valence-electron chi connectivity index (χ0n) is 32.1. The average Bonchev–Trinajstić information content (AvgIpc) is 3.70. The molecule has 1 aliphatic rings. The predicted octanol–water partition coefficient (Wildman–Crippen LogP) is 13.9. The van der Waals surface area contributed by atoms with E-state index in [1.807, 2.05) is 12.1 Å². The van der Waals surface area contributed by atoms with Gasteiger partial charge >= 0.3 is 0 Å². The van der Waals surface area contributed by atoms with E-state index in [-0.39, 0.29) is 6.17 Å². The maximum absolute atomic E-state index is 6.41. The quantitative estimate of drug-likeness (QED) is 0.176. The van der Waals surface area contributed by atoms with Gasteiger partial charge in [0.15, 0.2) is 5.84 Å². The molecule has 0 radical (unpaired) electrons. The molecule has 1 atom stereocenters. The van der Waals surface area contributed by atoms with Gasteiger partial charge < -0.3 is 9.73 Å². The molecule has 1 N–H and O–H groups in total. The van der Waals surface area contributed by atoms with E-state index >= 15 is 0 Å². The minimum atomic E-state index is -0.328. The summed E-state index contributed by atoms with van der Waals surface area (Å²) in [5.74, 6) is 1.47. The second kappa shape index (κ2) is 14.6. The van der Waals surface area contributed by atoms with Gasteiger partial charge in [0.25, 0.3) is 0 Å². The predicted molar refractivity (Wildman–Crippen MR) is 245 cm³/mol. The fourth-order valence-corrected chi connectivity index (χ4v) is 8.27. The Labute approximate surface area is 342 Å². The highest BCUT2D eigenvalue weighted by molar-refractivity contribution is 6.15. The van der Waals surface area contributed by atoms with Crippen molar-refractivity contribution in [2.45, 2.75) is 6.17 Å². The zero-order valence-corrected chi connectivity index (χ0v) is 32.1. The Balaban J connectivity index is 0.982. The second-order valence-electron chi connectivity index (χ2n) is 15.0. The van der Waals surface area contributed by atoms with Crippen LogP contribution < -0.4 is 5.32 Å². The van der Waals surface area contributed by atoms with Gasteiger partial charge in [-0.25, -0.2) is 9.98 Å². The van der Waals surface area contributed by atoms with Crippen LogP contribution in [0.3, 0.4) is 0 Å². The fourth-order valence-electron chi connectivity index (χ4n) is 8.27. The highest BCUT2D eigenvalue weighted by atomic mass is 16.3. The maximum atomic E-state index is 6.41. The molecule has 2 heterocycles. The first-order valence-electron chi connectivity index (χ1n) is 20.0. The molecule has 59 heavy (non-hydrogen) atoms. The van der Waals surface area contributed by atoms with E-state index in [0.717, 1.165) is 71.9 Å². The van der Waals surface area contributed by atoms with Gasteiger partial charge in [-0.05, 0) is 91.2 Å². The number of fused-ring (bicyclic) bond motifs is 4. The summed E-state index contributed by atoms with van der Waals surface area (Å²) in [6, 6.07) is 74.7. The summed E-state index contributed by atoms with van der Waals surface area (Å²) in [7, 11) is 0. The Morgan fingerprint density at radius 1 is 0.390 bits per heavy atom. The number of hydrogen-bond donors (Lipinski definition) is 1. The molecule has 10 aromatic rings. The number of nitrogens with one attached hydrogen (secondary N) is 1. The Kier molecular flexibility index (Phi) is 8.52. The van der Waals surface area contributed by atoms with Crippen LogP contribution in [-0.4, -0.2) is 11.7 Å². The molecular weight excluding hydrogens is 719 g/mol. The SMILES string of the molecule is c1ccc(-c2ccc(C3=NC(c4ccc(-c5ccccc5)cc4)NC(c4ccc5ccc(-c6cccc7oc8ccc(-c9ccccc9)cc8c67)cc5c4)=N3)cc2)cc1. The third-order valence-corrected chi connectivity index (χ3v) is 11.4. The largest absolute Gasteiger partial charge is 0.456 e. The molecule has 9 aromatic carbocycles. The Morgan fingerprint density at radius 2 is 0.932 bits per heavy atom. The molecule has 1 unspecified atom stereocenters. The van der Waals surface area contributed by atoms with E-state index in [9.17, 15) is 0 Å². The summed E-state index contributed by atoms with van der Waals surface area (Å²) in [6.45, 7) is 0. The minimum Gasteiger partial charge on any atom is -0.456 e. The fraction of sp³-hybridized carbons (Fsp3) is 0.0182. The van der Waals surface area contributed by atoms with Crippen LogP contribution in [0.5, 0.6) is 0 Å². The smallest absolute Gasteiger partial charge is 0.159 e. The normalized spacial score (nSPS) is 13.9. The highest BCUT2D eigenvalue weighted by Crippen LogP contribution is 2.39.